The van der Waals surface area contributed by atoms with E-state index >= 15 is 0 Å². The zero-order valence-electron chi connectivity index (χ0n) is 21.1. The van der Waals surface area contributed by atoms with Crippen molar-refractivity contribution in [2.45, 2.75) is 38.3 Å². The summed E-state index contributed by atoms with van der Waals surface area (Å²) in [4.78, 5) is 19.7. The molecule has 186 valence electrons. The predicted octanol–water partition coefficient (Wildman–Crippen LogP) is 5.02. The first kappa shape index (κ1) is 26.6. The second-order valence-corrected chi connectivity index (χ2v) is 8.86. The van der Waals surface area contributed by atoms with Crippen LogP contribution in [0.3, 0.4) is 0 Å². The summed E-state index contributed by atoms with van der Waals surface area (Å²) in [6, 6.07) is 13.3. The monoisotopic (exact) mass is 493 g/mol. The number of methoxy groups -OCH3 is 1. The van der Waals surface area contributed by atoms with E-state index in [0.717, 1.165) is 47.0 Å². The maximum Gasteiger partial charge on any atom is 0.252 e. The van der Waals surface area contributed by atoms with E-state index in [4.69, 9.17) is 4.74 Å². The highest BCUT2D eigenvalue weighted by molar-refractivity contribution is 7.79. The van der Waals surface area contributed by atoms with E-state index in [9.17, 15) is 9.90 Å². The smallest absolute Gasteiger partial charge is 0.252 e. The van der Waals surface area contributed by atoms with Crippen molar-refractivity contribution in [2.24, 2.45) is 0 Å². The summed E-state index contributed by atoms with van der Waals surface area (Å²) in [5.41, 5.74) is 3.73. The van der Waals surface area contributed by atoms with E-state index in [1.54, 1.807) is 32.6 Å². The molecule has 1 fully saturated rings. The van der Waals surface area contributed by atoms with Gasteiger partial charge in [-0.1, -0.05) is 18.2 Å². The summed E-state index contributed by atoms with van der Waals surface area (Å²) >= 11 is 3.53. The van der Waals surface area contributed by atoms with Gasteiger partial charge in [0.2, 0.25) is 0 Å². The Morgan fingerprint density at radius 3 is 2.46 bits per heavy atom. The molecule has 2 aromatic carbocycles. The number of aliphatic hydroxyl groups excluding tert-OH is 1. The number of nitrogens with one attached hydrogen (secondary N) is 1. The molecule has 35 heavy (non-hydrogen) atoms. The molecular weight excluding hydrogens is 458 g/mol. The van der Waals surface area contributed by atoms with Crippen molar-refractivity contribution in [3.05, 3.63) is 83.2 Å². The summed E-state index contributed by atoms with van der Waals surface area (Å²) in [5, 5.41) is 14.4. The molecule has 0 spiro atoms. The molecule has 0 saturated heterocycles. The molecule has 0 radical (unpaired) electrons. The van der Waals surface area contributed by atoms with E-state index < -0.39 is 11.6 Å². The maximum absolute atomic E-state index is 13.1. The van der Waals surface area contributed by atoms with Crippen LogP contribution in [0.15, 0.2) is 60.9 Å². The number of ether oxygens (including phenoxy) is 1. The fourth-order valence-corrected chi connectivity index (χ4v) is 4.00. The van der Waals surface area contributed by atoms with Crippen LogP contribution in [0.5, 0.6) is 5.75 Å². The van der Waals surface area contributed by atoms with Crippen LogP contribution >= 0.6 is 12.6 Å². The number of likely N-dealkylation sites (N-methyl/N-ethyl adjacent to an activating group) is 1. The van der Waals surface area contributed by atoms with E-state index in [1.165, 1.54) is 0 Å². The molecule has 7 heteroatoms. The molecule has 2 aliphatic rings. The first-order valence-corrected chi connectivity index (χ1v) is 12.6. The highest BCUT2D eigenvalue weighted by atomic mass is 32.1. The molecule has 2 N–H and O–H groups in total. The Labute approximate surface area is 213 Å². The van der Waals surface area contributed by atoms with E-state index in [2.05, 4.69) is 47.2 Å². The van der Waals surface area contributed by atoms with Crippen LogP contribution in [0.1, 0.15) is 52.9 Å². The minimum atomic E-state index is -0.600. The van der Waals surface area contributed by atoms with Gasteiger partial charge >= 0.3 is 0 Å². The number of amides is 1. The van der Waals surface area contributed by atoms with Gasteiger partial charge in [0.25, 0.3) is 5.91 Å². The summed E-state index contributed by atoms with van der Waals surface area (Å²) in [6.45, 7) is 4.80. The van der Waals surface area contributed by atoms with Crippen LogP contribution in [0, 0.1) is 6.92 Å². The van der Waals surface area contributed by atoms with E-state index in [0.29, 0.717) is 11.3 Å². The number of carbonyl (C=O) groups excluding carboxylic acids is 1. The largest absolute Gasteiger partial charge is 0.497 e. The molecule has 1 amide bonds. The third-order valence-corrected chi connectivity index (χ3v) is 6.29. The number of thiol groups is 1. The molecule has 1 aromatic heterocycles. The Balaban J connectivity index is 0.000000428. The van der Waals surface area contributed by atoms with Gasteiger partial charge in [-0.15, -0.1) is 0 Å². The summed E-state index contributed by atoms with van der Waals surface area (Å²) in [6.07, 6.45) is 8.73. The quantitative estimate of drug-likeness (QED) is 0.436. The summed E-state index contributed by atoms with van der Waals surface area (Å²) in [5.74, 6) is 0.541. The maximum atomic E-state index is 13.1. The van der Waals surface area contributed by atoms with Gasteiger partial charge in [0.05, 0.1) is 24.3 Å². The predicted molar refractivity (Wildman–Crippen MR) is 145 cm³/mol. The number of benzene rings is 2. The Hall–Kier alpha value is -3.03. The second-order valence-electron chi connectivity index (χ2n) is 8.86. The molecule has 0 bridgehead atoms. The first-order valence-electron chi connectivity index (χ1n) is 11.7. The summed E-state index contributed by atoms with van der Waals surface area (Å²) in [7, 11) is 3.65. The van der Waals surface area contributed by atoms with E-state index in [-0.39, 0.29) is 5.91 Å². The van der Waals surface area contributed by atoms with Gasteiger partial charge in [-0.3, -0.25) is 9.78 Å². The van der Waals surface area contributed by atoms with Crippen molar-refractivity contribution in [1.82, 2.24) is 15.2 Å². The molecule has 5 rings (SSSR count). The fraction of sp³-hybridized carbons (Fsp3) is 0.357. The van der Waals surface area contributed by atoms with Crippen molar-refractivity contribution in [1.29, 1.82) is 0 Å². The molecule has 1 aliphatic heterocycles. The minimum Gasteiger partial charge on any atom is -0.497 e. The van der Waals surface area contributed by atoms with Crippen molar-refractivity contribution >= 4 is 29.4 Å². The molecule has 1 atom stereocenters. The molecule has 3 aromatic rings. The average Bonchev–Trinajstić information content (AvgIpc) is 3.64. The number of fused-ring (bicyclic) bond motifs is 1. The zero-order chi connectivity index (χ0) is 25.6. The number of nitrogens with zero attached hydrogens (tertiary/aromatic N) is 2. The van der Waals surface area contributed by atoms with Crippen LogP contribution in [0.4, 0.5) is 0 Å². The van der Waals surface area contributed by atoms with Crippen molar-refractivity contribution in [3.63, 3.8) is 0 Å². The van der Waals surface area contributed by atoms with Crippen LogP contribution in [-0.4, -0.2) is 47.9 Å². The molecule has 2 heterocycles. The standard InChI is InChI=1S/C23H24N2O3.C4H7N.CH4S/c1-14-6-7-17(28-3)13-19(14)22(27)25-23(8-9-23)20-11-16(15(2)26)12-21-18(20)5-4-10-24-21;1-5-3-2-4-5;1-2/h4-7,10-13,15,26H,8-9H2,1-3H3,(H,25,27);2-3H,4H2,1H3;2H,1H3. The number of rotatable bonds is 5. The molecule has 1 saturated carbocycles. The number of hydrogen-bond acceptors (Lipinski definition) is 6. The Bertz CT molecular complexity index is 1210. The average molecular weight is 494 g/mol. The lowest BCUT2D eigenvalue weighted by molar-refractivity contribution is 0.0930. The normalized spacial score (nSPS) is 15.6. The van der Waals surface area contributed by atoms with Crippen LogP contribution in [-0.2, 0) is 5.54 Å². The van der Waals surface area contributed by atoms with Crippen LogP contribution in [0.25, 0.3) is 10.9 Å². The van der Waals surface area contributed by atoms with Gasteiger partial charge in [0, 0.05) is 30.7 Å². The van der Waals surface area contributed by atoms with Gasteiger partial charge in [0.15, 0.2) is 0 Å². The zero-order valence-corrected chi connectivity index (χ0v) is 22.0. The van der Waals surface area contributed by atoms with Gasteiger partial charge in [-0.05, 0) is 86.2 Å². The lowest BCUT2D eigenvalue weighted by Crippen LogP contribution is -2.35. The molecule has 1 unspecified atom stereocenters. The lowest BCUT2D eigenvalue weighted by atomic mass is 9.94. The number of carbonyl (C=O) groups is 1. The van der Waals surface area contributed by atoms with Crippen molar-refractivity contribution in [3.8, 4) is 5.75 Å². The fourth-order valence-electron chi connectivity index (χ4n) is 4.00. The highest BCUT2D eigenvalue weighted by Gasteiger charge is 2.47. The summed E-state index contributed by atoms with van der Waals surface area (Å²) < 4.78 is 5.27. The highest BCUT2D eigenvalue weighted by Crippen LogP contribution is 2.48. The van der Waals surface area contributed by atoms with Gasteiger partial charge in [-0.25, -0.2) is 0 Å². The third-order valence-electron chi connectivity index (χ3n) is 6.29. The Morgan fingerprint density at radius 2 is 1.91 bits per heavy atom. The number of aryl methyl sites for hydroxylation is 1. The van der Waals surface area contributed by atoms with Gasteiger partial charge in [0.1, 0.15) is 5.75 Å². The number of hydrogen-bond donors (Lipinski definition) is 3. The first-order chi connectivity index (χ1) is 16.8. The number of pyridine rings is 1. The van der Waals surface area contributed by atoms with Gasteiger partial charge in [-0.2, -0.15) is 12.6 Å². The molecule has 6 nitrogen and oxygen atoms in total. The number of aliphatic hydroxyl groups is 1. The SMILES string of the molecule is CN1C=CC1.COc1ccc(C)c(C(=O)NC2(c3cc(C(C)O)cc4ncccc34)CC2)c1.CS. The minimum absolute atomic E-state index is 0.117. The van der Waals surface area contributed by atoms with Gasteiger partial charge < -0.3 is 20.1 Å². The molecule has 1 aliphatic carbocycles. The topological polar surface area (TPSA) is 74.7 Å². The lowest BCUT2D eigenvalue weighted by Gasteiger charge is -2.22. The van der Waals surface area contributed by atoms with Crippen molar-refractivity contribution < 1.29 is 14.6 Å². The van der Waals surface area contributed by atoms with Crippen LogP contribution < -0.4 is 10.1 Å². The second kappa shape index (κ2) is 11.6. The molecular formula is C28H35N3O3S. The number of aromatic nitrogens is 1. The van der Waals surface area contributed by atoms with E-state index in [1.807, 2.05) is 43.3 Å². The van der Waals surface area contributed by atoms with Crippen molar-refractivity contribution in [2.75, 3.05) is 27.0 Å². The Morgan fingerprint density at radius 1 is 1.23 bits per heavy atom. The van der Waals surface area contributed by atoms with Crippen LogP contribution in [0.2, 0.25) is 0 Å². The third kappa shape index (κ3) is 6.16. The Kier molecular flexibility index (Phi) is 8.81.